The lowest BCUT2D eigenvalue weighted by atomic mass is 10.0. The van der Waals surface area contributed by atoms with Crippen molar-refractivity contribution < 1.29 is 18.6 Å². The second-order valence-electron chi connectivity index (χ2n) is 5.70. The largest absolute Gasteiger partial charge is 0.436 e. The van der Waals surface area contributed by atoms with Crippen LogP contribution in [0.5, 0.6) is 11.5 Å². The standard InChI is InChI=1S/C20H11N2O4P/c21-12-25-14-9-10-17(22-13-23)20(11-14)27(24)19-8-4-2-6-16(19)15-5-1-3-7-18(15)26-27/h1-11H. The average molecular weight is 374 g/mol. The molecular weight excluding hydrogens is 363 g/mol. The first kappa shape index (κ1) is 16.8. The van der Waals surface area contributed by atoms with E-state index in [1.54, 1.807) is 30.5 Å². The van der Waals surface area contributed by atoms with Crippen LogP contribution in [-0.4, -0.2) is 6.08 Å². The van der Waals surface area contributed by atoms with Crippen LogP contribution in [-0.2, 0) is 9.36 Å². The zero-order valence-electron chi connectivity index (χ0n) is 13.8. The molecule has 0 bridgehead atoms. The summed E-state index contributed by atoms with van der Waals surface area (Å²) in [7, 11) is -3.67. The summed E-state index contributed by atoms with van der Waals surface area (Å²) in [6.07, 6.45) is 3.04. The summed E-state index contributed by atoms with van der Waals surface area (Å²) < 4.78 is 25.0. The maximum Gasteiger partial charge on any atom is 0.309 e. The zero-order valence-corrected chi connectivity index (χ0v) is 14.7. The van der Waals surface area contributed by atoms with Gasteiger partial charge in [0.25, 0.3) is 6.26 Å². The highest BCUT2D eigenvalue weighted by molar-refractivity contribution is 7.75. The second-order valence-corrected chi connectivity index (χ2v) is 7.95. The normalized spacial score (nSPS) is 16.7. The predicted octanol–water partition coefficient (Wildman–Crippen LogP) is 3.80. The first-order chi connectivity index (χ1) is 13.2. The summed E-state index contributed by atoms with van der Waals surface area (Å²) >= 11 is 0. The number of hydrogen-bond acceptors (Lipinski definition) is 6. The van der Waals surface area contributed by atoms with E-state index in [-0.39, 0.29) is 16.7 Å². The molecule has 0 spiro atoms. The molecule has 1 atom stereocenters. The molecule has 1 unspecified atom stereocenters. The smallest absolute Gasteiger partial charge is 0.309 e. The molecule has 3 aromatic carbocycles. The van der Waals surface area contributed by atoms with Crippen molar-refractivity contribution in [2.75, 3.05) is 0 Å². The summed E-state index contributed by atoms with van der Waals surface area (Å²) in [6.45, 7) is 0. The minimum atomic E-state index is -3.67. The van der Waals surface area contributed by atoms with E-state index in [2.05, 4.69) is 4.99 Å². The van der Waals surface area contributed by atoms with E-state index >= 15 is 0 Å². The first-order valence-electron chi connectivity index (χ1n) is 7.94. The number of nitriles is 1. The quantitative estimate of drug-likeness (QED) is 0.301. The molecule has 27 heavy (non-hydrogen) atoms. The fourth-order valence-corrected chi connectivity index (χ4v) is 5.50. The molecule has 0 saturated heterocycles. The molecular formula is C20H11N2O4P. The summed E-state index contributed by atoms with van der Waals surface area (Å²) in [5.41, 5.74) is 1.74. The number of nitrogens with zero attached hydrogens (tertiary/aromatic N) is 2. The topological polar surface area (TPSA) is 88.8 Å². The van der Waals surface area contributed by atoms with Crippen molar-refractivity contribution in [3.63, 3.8) is 0 Å². The third-order valence-electron chi connectivity index (χ3n) is 4.22. The molecule has 0 N–H and O–H groups in total. The van der Waals surface area contributed by atoms with Crippen molar-refractivity contribution in [3.8, 4) is 28.9 Å². The summed E-state index contributed by atoms with van der Waals surface area (Å²) in [6, 6.07) is 18.8. The number of fused-ring (bicyclic) bond motifs is 3. The van der Waals surface area contributed by atoms with Gasteiger partial charge in [0.2, 0.25) is 6.08 Å². The Morgan fingerprint density at radius 1 is 0.963 bits per heavy atom. The van der Waals surface area contributed by atoms with Crippen LogP contribution >= 0.6 is 7.37 Å². The number of para-hydroxylation sites is 1. The third-order valence-corrected chi connectivity index (χ3v) is 6.69. The predicted molar refractivity (Wildman–Crippen MR) is 99.8 cm³/mol. The first-order valence-corrected chi connectivity index (χ1v) is 9.57. The van der Waals surface area contributed by atoms with Gasteiger partial charge in [-0.25, -0.2) is 4.79 Å². The highest BCUT2D eigenvalue weighted by atomic mass is 31.2. The van der Waals surface area contributed by atoms with E-state index in [9.17, 15) is 9.36 Å². The van der Waals surface area contributed by atoms with Crippen LogP contribution in [0.15, 0.2) is 71.7 Å². The number of carbonyl (C=O) groups excluding carboxylic acids is 1. The van der Waals surface area contributed by atoms with Crippen LogP contribution in [0.3, 0.4) is 0 Å². The lowest BCUT2D eigenvalue weighted by molar-refractivity contribution is 0.498. The summed E-state index contributed by atoms with van der Waals surface area (Å²) in [5, 5.41) is 9.44. The van der Waals surface area contributed by atoms with Gasteiger partial charge in [-0.15, -0.1) is 5.26 Å². The molecule has 0 aliphatic carbocycles. The minimum absolute atomic E-state index is 0.146. The van der Waals surface area contributed by atoms with E-state index in [0.29, 0.717) is 11.1 Å². The number of hydrogen-bond donors (Lipinski definition) is 0. The Hall–Kier alpha value is -3.64. The Kier molecular flexibility index (Phi) is 4.10. The van der Waals surface area contributed by atoms with Crippen LogP contribution in [0.1, 0.15) is 0 Å². The maximum atomic E-state index is 14.1. The summed E-state index contributed by atoms with van der Waals surface area (Å²) in [4.78, 5) is 14.5. The van der Waals surface area contributed by atoms with Gasteiger partial charge in [-0.3, -0.25) is 4.57 Å². The number of isocyanates is 1. The van der Waals surface area contributed by atoms with Crippen molar-refractivity contribution in [2.45, 2.75) is 0 Å². The summed E-state index contributed by atoms with van der Waals surface area (Å²) in [5.74, 6) is 0.639. The fourth-order valence-electron chi connectivity index (χ4n) is 3.09. The van der Waals surface area contributed by atoms with Gasteiger partial charge in [-0.2, -0.15) is 4.99 Å². The van der Waals surface area contributed by atoms with Crippen molar-refractivity contribution >= 4 is 29.7 Å². The lowest BCUT2D eigenvalue weighted by Crippen LogP contribution is -2.25. The van der Waals surface area contributed by atoms with Crippen molar-refractivity contribution in [1.29, 1.82) is 5.26 Å². The molecule has 130 valence electrons. The zero-order chi connectivity index (χ0) is 18.9. The molecule has 1 heterocycles. The molecule has 4 rings (SSSR count). The van der Waals surface area contributed by atoms with Crippen LogP contribution in [0.25, 0.3) is 11.1 Å². The third kappa shape index (κ3) is 2.72. The van der Waals surface area contributed by atoms with E-state index in [1.165, 1.54) is 24.3 Å². The molecule has 0 saturated carbocycles. The Balaban J connectivity index is 2.02. The molecule has 3 aromatic rings. The van der Waals surface area contributed by atoms with Gasteiger partial charge < -0.3 is 9.26 Å². The fraction of sp³-hybridized carbons (Fsp3) is 0. The van der Waals surface area contributed by atoms with Gasteiger partial charge in [0.15, 0.2) is 0 Å². The van der Waals surface area contributed by atoms with Crippen LogP contribution in [0.4, 0.5) is 5.69 Å². The van der Waals surface area contributed by atoms with Crippen LogP contribution in [0.2, 0.25) is 0 Å². The van der Waals surface area contributed by atoms with E-state index in [1.807, 2.05) is 24.3 Å². The number of aliphatic imine (C=N–C) groups is 1. The Labute approximate surface area is 154 Å². The van der Waals surface area contributed by atoms with Gasteiger partial charge >= 0.3 is 7.37 Å². The Bertz CT molecular complexity index is 1190. The molecule has 1 aliphatic rings. The molecule has 7 heteroatoms. The van der Waals surface area contributed by atoms with Gasteiger partial charge in [-0.1, -0.05) is 36.4 Å². The van der Waals surface area contributed by atoms with Gasteiger partial charge in [-0.05, 0) is 35.9 Å². The Morgan fingerprint density at radius 3 is 2.48 bits per heavy atom. The van der Waals surface area contributed by atoms with Gasteiger partial charge in [0, 0.05) is 5.56 Å². The molecule has 0 amide bonds. The van der Waals surface area contributed by atoms with E-state index in [4.69, 9.17) is 14.5 Å². The molecule has 0 fully saturated rings. The molecule has 1 aliphatic heterocycles. The molecule has 0 aromatic heterocycles. The van der Waals surface area contributed by atoms with Crippen molar-refractivity contribution in [3.05, 3.63) is 66.7 Å². The van der Waals surface area contributed by atoms with Crippen LogP contribution in [0, 0.1) is 11.5 Å². The van der Waals surface area contributed by atoms with Crippen molar-refractivity contribution in [1.82, 2.24) is 0 Å². The van der Waals surface area contributed by atoms with E-state index in [0.717, 1.165) is 11.1 Å². The minimum Gasteiger partial charge on any atom is -0.436 e. The van der Waals surface area contributed by atoms with E-state index < -0.39 is 7.37 Å². The van der Waals surface area contributed by atoms with Crippen molar-refractivity contribution in [2.24, 2.45) is 4.99 Å². The highest BCUT2D eigenvalue weighted by Crippen LogP contribution is 2.55. The average Bonchev–Trinajstić information content (AvgIpc) is 2.70. The van der Waals surface area contributed by atoms with Gasteiger partial charge in [0.1, 0.15) is 11.5 Å². The second kappa shape index (κ2) is 6.59. The Morgan fingerprint density at radius 2 is 1.70 bits per heavy atom. The maximum absolute atomic E-state index is 14.1. The number of benzene rings is 3. The highest BCUT2D eigenvalue weighted by Gasteiger charge is 2.39. The number of ether oxygens (including phenoxy) is 1. The SMILES string of the molecule is N#COc1ccc(N=C=O)c(P2(=O)Oc3ccccc3-c3ccccc32)c1. The van der Waals surface area contributed by atoms with Gasteiger partial charge in [0.05, 0.1) is 16.3 Å². The van der Waals surface area contributed by atoms with Crippen LogP contribution < -0.4 is 19.9 Å². The molecule has 0 radical (unpaired) electrons. The monoisotopic (exact) mass is 374 g/mol. The molecule has 6 nitrogen and oxygen atoms in total. The number of rotatable bonds is 3. The lowest BCUT2D eigenvalue weighted by Gasteiger charge is -2.29.